The average molecular weight is 281 g/mol. The lowest BCUT2D eigenvalue weighted by Gasteiger charge is -2.37. The zero-order valence-corrected chi connectivity index (χ0v) is 15.9. The van der Waals surface area contributed by atoms with Gasteiger partial charge in [-0.25, -0.2) is 0 Å². The van der Waals surface area contributed by atoms with Gasteiger partial charge in [0.2, 0.25) is 0 Å². The van der Waals surface area contributed by atoms with Crippen molar-refractivity contribution in [1.29, 1.82) is 0 Å². The van der Waals surface area contributed by atoms with Crippen molar-refractivity contribution in [3.05, 3.63) is 0 Å². The third kappa shape index (κ3) is 5.94. The fourth-order valence-corrected chi connectivity index (χ4v) is 7.50. The van der Waals surface area contributed by atoms with Gasteiger partial charge in [-0.2, -0.15) is 0 Å². The molecule has 0 radical (unpaired) electrons. The zero-order valence-electron chi connectivity index (χ0n) is 13.9. The van der Waals surface area contributed by atoms with Gasteiger partial charge in [0.1, 0.15) is 16.1 Å². The number of hydrogen-bond acceptors (Lipinski definition) is 0. The maximum atomic E-state index is 5.72. The summed E-state index contributed by atoms with van der Waals surface area (Å²) in [5, 5.41) is 0. The lowest BCUT2D eigenvalue weighted by atomic mass is 10.5. The summed E-state index contributed by atoms with van der Waals surface area (Å²) in [6.07, 6.45) is 10.8. The predicted octanol–water partition coefficient (Wildman–Crippen LogP) is 5.33. The smallest absolute Gasteiger partial charge is 0.135 e. The van der Waals surface area contributed by atoms with E-state index in [0.29, 0.717) is 16.6 Å². The average Bonchev–Trinajstić information content (AvgIpc) is 2.17. The molecule has 0 atom stereocenters. The molecule has 0 aliphatic carbocycles. The lowest BCUT2D eigenvalue weighted by molar-refractivity contribution is 0.838. The zero-order chi connectivity index (χ0) is 15.1. The highest BCUT2D eigenvalue weighted by Gasteiger charge is 2.41. The van der Waals surface area contributed by atoms with Gasteiger partial charge in [0.05, 0.1) is 0 Å². The molecule has 0 aromatic rings. The van der Waals surface area contributed by atoms with Crippen LogP contribution in [0.5, 0.6) is 0 Å². The Hall–Kier alpha value is -0.446. The maximum Gasteiger partial charge on any atom is 0.145 e. The molecule has 0 unspecified atom stereocenters. The molecule has 18 heavy (non-hydrogen) atoms. The molecular weight excluding hydrogens is 248 g/mol. The van der Waals surface area contributed by atoms with E-state index in [-0.39, 0.29) is 0 Å². The minimum atomic E-state index is -1.47. The van der Waals surface area contributed by atoms with E-state index >= 15 is 0 Å². The summed E-state index contributed by atoms with van der Waals surface area (Å²) in [4.78, 5) is 0. The van der Waals surface area contributed by atoms with E-state index in [1.54, 1.807) is 0 Å². The summed E-state index contributed by atoms with van der Waals surface area (Å²) >= 11 is 0. The fourth-order valence-electron chi connectivity index (χ4n) is 2.50. The van der Waals surface area contributed by atoms with E-state index in [1.165, 1.54) is 0 Å². The van der Waals surface area contributed by atoms with E-state index in [2.05, 4.69) is 72.3 Å². The maximum absolute atomic E-state index is 5.72. The largest absolute Gasteiger partial charge is 0.145 e. The minimum absolute atomic E-state index is 0.697. The highest BCUT2D eigenvalue weighted by Crippen LogP contribution is 2.40. The molecule has 2 heteroatoms. The summed E-state index contributed by atoms with van der Waals surface area (Å²) < 4.78 is 0. The molecule has 0 amide bonds. The van der Waals surface area contributed by atoms with Crippen LogP contribution in [0.1, 0.15) is 41.5 Å². The molecule has 0 saturated carbocycles. The molecule has 0 fully saturated rings. The normalized spacial score (nSPS) is 11.9. The van der Waals surface area contributed by atoms with Crippen molar-refractivity contribution in [2.75, 3.05) is 0 Å². The van der Waals surface area contributed by atoms with Gasteiger partial charge in [0.15, 0.2) is 0 Å². The molecule has 0 N–H and O–H groups in total. The first-order valence-corrected chi connectivity index (χ1v) is 12.6. The Kier molecular flexibility index (Phi) is 8.70. The molecule has 0 spiro atoms. The molecule has 0 saturated heterocycles. The van der Waals surface area contributed by atoms with Crippen LogP contribution >= 0.6 is 0 Å². The first kappa shape index (κ1) is 19.9. The van der Waals surface area contributed by atoms with Gasteiger partial charge in [-0.05, 0) is 16.6 Å². The van der Waals surface area contributed by atoms with Crippen LogP contribution < -0.4 is 0 Å². The molecule has 0 bridgehead atoms. The Balaban J connectivity index is 0. The summed E-state index contributed by atoms with van der Waals surface area (Å²) in [7, 11) is -2.58. The minimum Gasteiger partial charge on any atom is -0.135 e. The van der Waals surface area contributed by atoms with Crippen LogP contribution in [0.15, 0.2) is 0 Å². The van der Waals surface area contributed by atoms with Gasteiger partial charge < -0.3 is 0 Å². The van der Waals surface area contributed by atoms with Gasteiger partial charge in [-0.1, -0.05) is 61.2 Å². The van der Waals surface area contributed by atoms with Gasteiger partial charge in [-0.3, -0.25) is 0 Å². The van der Waals surface area contributed by atoms with Crippen molar-refractivity contribution in [3.8, 4) is 23.9 Å². The van der Waals surface area contributed by atoms with Crippen LogP contribution in [0, 0.1) is 23.9 Å². The summed E-state index contributed by atoms with van der Waals surface area (Å²) in [6, 6.07) is 0. The Morgan fingerprint density at radius 3 is 0.889 bits per heavy atom. The van der Waals surface area contributed by atoms with E-state index in [4.69, 9.17) is 12.8 Å². The van der Waals surface area contributed by atoms with Gasteiger partial charge in [0.25, 0.3) is 0 Å². The van der Waals surface area contributed by atoms with Crippen molar-refractivity contribution in [3.63, 3.8) is 0 Å². The molecule has 0 aliphatic heterocycles. The quantitative estimate of drug-likeness (QED) is 0.484. The molecule has 104 valence electrons. The monoisotopic (exact) mass is 280 g/mol. The second-order valence-corrected chi connectivity index (χ2v) is 17.3. The van der Waals surface area contributed by atoms with E-state index in [1.807, 2.05) is 0 Å². The first-order chi connectivity index (χ1) is 7.95. The van der Waals surface area contributed by atoms with Crippen LogP contribution in [-0.2, 0) is 0 Å². The highest BCUT2D eigenvalue weighted by molar-refractivity contribution is 6.90. The van der Waals surface area contributed by atoms with Gasteiger partial charge in [-0.15, -0.1) is 23.9 Å². The Morgan fingerprint density at radius 2 is 0.889 bits per heavy atom. The number of terminal acetylenes is 2. The van der Waals surface area contributed by atoms with E-state index < -0.39 is 16.1 Å². The first-order valence-electron chi connectivity index (χ1n) is 6.91. The second-order valence-electron chi connectivity index (χ2n) is 6.94. The predicted molar refractivity (Wildman–Crippen MR) is 92.1 cm³/mol. The van der Waals surface area contributed by atoms with Crippen molar-refractivity contribution in [2.45, 2.75) is 77.8 Å². The lowest BCUT2D eigenvalue weighted by Crippen LogP contribution is -2.43. The molecule has 0 aromatic carbocycles. The Morgan fingerprint density at radius 1 is 0.667 bits per heavy atom. The van der Waals surface area contributed by atoms with Crippen LogP contribution in [0.3, 0.4) is 0 Å². The molecule has 0 aliphatic rings. The van der Waals surface area contributed by atoms with E-state index in [0.717, 1.165) is 0 Å². The van der Waals surface area contributed by atoms with Gasteiger partial charge in [0, 0.05) is 0 Å². The van der Waals surface area contributed by atoms with Gasteiger partial charge >= 0.3 is 0 Å². The van der Waals surface area contributed by atoms with Crippen LogP contribution in [0.4, 0.5) is 0 Å². The summed E-state index contributed by atoms with van der Waals surface area (Å²) in [5.41, 5.74) is 7.99. The fraction of sp³-hybridized carbons (Fsp3) is 0.750. The van der Waals surface area contributed by atoms with Crippen molar-refractivity contribution in [2.24, 2.45) is 0 Å². The summed E-state index contributed by atoms with van der Waals surface area (Å²) in [6.45, 7) is 20.1. The number of hydrogen-bond donors (Lipinski definition) is 0. The molecular formula is C16H32Si2. The topological polar surface area (TPSA) is 0 Å². The third-order valence-corrected chi connectivity index (χ3v) is 10.6. The number of rotatable bonds is 3. The van der Waals surface area contributed by atoms with Crippen molar-refractivity contribution >= 4 is 16.1 Å². The van der Waals surface area contributed by atoms with E-state index in [9.17, 15) is 0 Å². The molecule has 0 heterocycles. The Bertz CT molecular complexity index is 284. The van der Waals surface area contributed by atoms with Crippen molar-refractivity contribution < 1.29 is 0 Å². The SMILES string of the molecule is C#C[Si](C(C)C)(C(C)C)C(C)C.C#C[Si](C)(C)C. The Labute approximate surface area is 118 Å². The van der Waals surface area contributed by atoms with Crippen LogP contribution in [-0.4, -0.2) is 16.1 Å². The third-order valence-electron chi connectivity index (χ3n) is 3.55. The standard InChI is InChI=1S/C11H22Si.C5H10Si/c1-8-12(9(2)3,10(4)5)11(6)7;1-5-6(2,3)4/h1,9-11H,2-7H3;1H,2-4H3. The van der Waals surface area contributed by atoms with Crippen LogP contribution in [0.2, 0.25) is 36.3 Å². The summed E-state index contributed by atoms with van der Waals surface area (Å²) in [5.74, 6) is 0. The van der Waals surface area contributed by atoms with Crippen LogP contribution in [0.25, 0.3) is 0 Å². The molecule has 0 aromatic heterocycles. The second kappa shape index (κ2) is 7.87. The molecule has 0 rings (SSSR count). The molecule has 0 nitrogen and oxygen atoms in total. The van der Waals surface area contributed by atoms with Crippen molar-refractivity contribution in [1.82, 2.24) is 0 Å². The highest BCUT2D eigenvalue weighted by atomic mass is 28.3.